The summed E-state index contributed by atoms with van der Waals surface area (Å²) >= 11 is 0. The van der Waals surface area contributed by atoms with Crippen molar-refractivity contribution >= 4 is 0 Å². The minimum atomic E-state index is -2.61. The lowest BCUT2D eigenvalue weighted by Crippen LogP contribution is -2.14. The van der Waals surface area contributed by atoms with Crippen LogP contribution >= 0.6 is 0 Å². The number of aliphatic hydroxyl groups is 1. The zero-order valence-corrected chi connectivity index (χ0v) is 9.94. The highest BCUT2D eigenvalue weighted by molar-refractivity contribution is 5.10. The molecule has 1 fully saturated rings. The fraction of sp³-hybridized carbons (Fsp3) is 0.750. The van der Waals surface area contributed by atoms with E-state index in [4.69, 9.17) is 0 Å². The SMILES string of the molecule is CCCn1cc(C(O)C2CCC(F)(F)C2)cn1. The van der Waals surface area contributed by atoms with E-state index < -0.39 is 12.0 Å². The van der Waals surface area contributed by atoms with Gasteiger partial charge in [0.05, 0.1) is 12.3 Å². The van der Waals surface area contributed by atoms with E-state index in [2.05, 4.69) is 5.10 Å². The lowest BCUT2D eigenvalue weighted by Gasteiger charge is -2.16. The number of halogens is 2. The van der Waals surface area contributed by atoms with Crippen molar-refractivity contribution in [3.05, 3.63) is 18.0 Å². The highest BCUT2D eigenvalue weighted by atomic mass is 19.3. The average Bonchev–Trinajstić information content (AvgIpc) is 2.85. The first kappa shape index (κ1) is 12.5. The van der Waals surface area contributed by atoms with Crippen molar-refractivity contribution in [2.24, 2.45) is 5.92 Å². The molecule has 0 aromatic carbocycles. The van der Waals surface area contributed by atoms with Gasteiger partial charge in [-0.3, -0.25) is 4.68 Å². The predicted octanol–water partition coefficient (Wildman–Crippen LogP) is 2.76. The van der Waals surface area contributed by atoms with E-state index in [1.165, 1.54) is 0 Å². The minimum absolute atomic E-state index is 0.113. The molecule has 1 aliphatic carbocycles. The lowest BCUT2D eigenvalue weighted by atomic mass is 9.96. The third-order valence-corrected chi connectivity index (χ3v) is 3.34. The van der Waals surface area contributed by atoms with Crippen molar-refractivity contribution in [3.8, 4) is 0 Å². The number of hydrogen-bond acceptors (Lipinski definition) is 2. The molecule has 3 nitrogen and oxygen atoms in total. The Labute approximate surface area is 99.4 Å². The number of aryl methyl sites for hydroxylation is 1. The smallest absolute Gasteiger partial charge is 0.248 e. The van der Waals surface area contributed by atoms with Crippen LogP contribution in [-0.2, 0) is 6.54 Å². The van der Waals surface area contributed by atoms with Gasteiger partial charge in [0.1, 0.15) is 0 Å². The molecule has 2 rings (SSSR count). The Balaban J connectivity index is 2.01. The van der Waals surface area contributed by atoms with Crippen LogP contribution < -0.4 is 0 Å². The summed E-state index contributed by atoms with van der Waals surface area (Å²) in [6.45, 7) is 2.82. The summed E-state index contributed by atoms with van der Waals surface area (Å²) in [6, 6.07) is 0. The zero-order valence-electron chi connectivity index (χ0n) is 9.94. The molecule has 1 N–H and O–H groups in total. The number of nitrogens with zero attached hydrogens (tertiary/aromatic N) is 2. The first-order chi connectivity index (χ1) is 8.02. The zero-order chi connectivity index (χ0) is 12.5. The largest absolute Gasteiger partial charge is 0.388 e. The van der Waals surface area contributed by atoms with Gasteiger partial charge in [0.2, 0.25) is 5.92 Å². The Hall–Kier alpha value is -0.970. The topological polar surface area (TPSA) is 38.0 Å². The second-order valence-corrected chi connectivity index (χ2v) is 4.84. The van der Waals surface area contributed by atoms with E-state index in [0.29, 0.717) is 12.0 Å². The molecule has 1 aromatic heterocycles. The fourth-order valence-electron chi connectivity index (χ4n) is 2.41. The molecule has 0 spiro atoms. The van der Waals surface area contributed by atoms with E-state index in [1.807, 2.05) is 6.92 Å². The van der Waals surface area contributed by atoms with Gasteiger partial charge in [-0.25, -0.2) is 8.78 Å². The van der Waals surface area contributed by atoms with Crippen molar-refractivity contribution in [3.63, 3.8) is 0 Å². The van der Waals surface area contributed by atoms with Crippen molar-refractivity contribution in [1.29, 1.82) is 0 Å². The van der Waals surface area contributed by atoms with Crippen LogP contribution in [0.2, 0.25) is 0 Å². The van der Waals surface area contributed by atoms with Gasteiger partial charge in [-0.2, -0.15) is 5.10 Å². The number of hydrogen-bond donors (Lipinski definition) is 1. The summed E-state index contributed by atoms with van der Waals surface area (Å²) in [5.41, 5.74) is 0.654. The third-order valence-electron chi connectivity index (χ3n) is 3.34. The third kappa shape index (κ3) is 2.83. The molecule has 2 atom stereocenters. The molecule has 0 amide bonds. The Morgan fingerprint density at radius 2 is 2.41 bits per heavy atom. The van der Waals surface area contributed by atoms with Gasteiger partial charge in [0.15, 0.2) is 0 Å². The van der Waals surface area contributed by atoms with Gasteiger partial charge in [-0.1, -0.05) is 6.92 Å². The Morgan fingerprint density at radius 3 is 3.00 bits per heavy atom. The molecule has 1 aliphatic rings. The molecule has 96 valence electrons. The molecule has 0 saturated heterocycles. The van der Waals surface area contributed by atoms with Crippen LogP contribution in [0.25, 0.3) is 0 Å². The normalized spacial score (nSPS) is 25.1. The summed E-state index contributed by atoms with van der Waals surface area (Å²) < 4.78 is 27.9. The van der Waals surface area contributed by atoms with Crippen LogP contribution in [0.4, 0.5) is 8.78 Å². The molecule has 17 heavy (non-hydrogen) atoms. The standard InChI is InChI=1S/C12H18F2N2O/c1-2-5-16-8-10(7-15-16)11(17)9-3-4-12(13,14)6-9/h7-9,11,17H,2-6H2,1H3. The maximum Gasteiger partial charge on any atom is 0.248 e. The molecule has 1 saturated carbocycles. The number of aromatic nitrogens is 2. The summed E-state index contributed by atoms with van der Waals surface area (Å²) in [7, 11) is 0. The van der Waals surface area contributed by atoms with Crippen LogP contribution in [0.1, 0.15) is 44.3 Å². The Kier molecular flexibility index (Phi) is 3.47. The fourth-order valence-corrected chi connectivity index (χ4v) is 2.41. The van der Waals surface area contributed by atoms with Crippen LogP contribution in [0, 0.1) is 5.92 Å². The van der Waals surface area contributed by atoms with E-state index in [9.17, 15) is 13.9 Å². The quantitative estimate of drug-likeness (QED) is 0.884. The van der Waals surface area contributed by atoms with Gasteiger partial charge in [-0.05, 0) is 18.8 Å². The maximum atomic E-state index is 13.1. The molecular formula is C12H18F2N2O. The van der Waals surface area contributed by atoms with Crippen LogP contribution in [0.15, 0.2) is 12.4 Å². The molecule has 2 unspecified atom stereocenters. The van der Waals surface area contributed by atoms with Gasteiger partial charge in [-0.15, -0.1) is 0 Å². The Bertz CT molecular complexity index is 378. The highest BCUT2D eigenvalue weighted by Crippen LogP contribution is 2.44. The molecule has 5 heteroatoms. The molecule has 0 bridgehead atoms. The minimum Gasteiger partial charge on any atom is -0.388 e. The number of alkyl halides is 2. The monoisotopic (exact) mass is 244 g/mol. The van der Waals surface area contributed by atoms with Crippen LogP contribution in [0.5, 0.6) is 0 Å². The molecule has 0 aliphatic heterocycles. The maximum absolute atomic E-state index is 13.1. The number of aliphatic hydroxyl groups excluding tert-OH is 1. The summed E-state index contributed by atoms with van der Waals surface area (Å²) in [5.74, 6) is -2.95. The summed E-state index contributed by atoms with van der Waals surface area (Å²) in [5, 5.41) is 14.2. The van der Waals surface area contributed by atoms with Gasteiger partial charge < -0.3 is 5.11 Å². The van der Waals surface area contributed by atoms with Gasteiger partial charge in [0.25, 0.3) is 0 Å². The molecule has 1 heterocycles. The van der Waals surface area contributed by atoms with Gasteiger partial charge >= 0.3 is 0 Å². The van der Waals surface area contributed by atoms with E-state index in [1.54, 1.807) is 17.1 Å². The van der Waals surface area contributed by atoms with Crippen molar-refractivity contribution < 1.29 is 13.9 Å². The Morgan fingerprint density at radius 1 is 1.65 bits per heavy atom. The number of rotatable bonds is 4. The average molecular weight is 244 g/mol. The van der Waals surface area contributed by atoms with Gasteiger partial charge in [0, 0.05) is 31.1 Å². The first-order valence-electron chi connectivity index (χ1n) is 6.10. The van der Waals surface area contributed by atoms with Crippen molar-refractivity contribution in [2.45, 2.75) is 51.2 Å². The molecule has 0 radical (unpaired) electrons. The summed E-state index contributed by atoms with van der Waals surface area (Å²) in [4.78, 5) is 0. The predicted molar refractivity (Wildman–Crippen MR) is 59.8 cm³/mol. The second-order valence-electron chi connectivity index (χ2n) is 4.84. The first-order valence-corrected chi connectivity index (χ1v) is 6.10. The second kappa shape index (κ2) is 4.72. The van der Waals surface area contributed by atoms with Crippen molar-refractivity contribution in [1.82, 2.24) is 9.78 Å². The molecule has 1 aromatic rings. The summed E-state index contributed by atoms with van der Waals surface area (Å²) in [6.07, 6.45) is 3.53. The van der Waals surface area contributed by atoms with E-state index in [-0.39, 0.29) is 18.8 Å². The van der Waals surface area contributed by atoms with E-state index in [0.717, 1.165) is 13.0 Å². The van der Waals surface area contributed by atoms with E-state index >= 15 is 0 Å². The lowest BCUT2D eigenvalue weighted by molar-refractivity contribution is -0.00511. The van der Waals surface area contributed by atoms with Crippen molar-refractivity contribution in [2.75, 3.05) is 0 Å². The van der Waals surface area contributed by atoms with Crippen LogP contribution in [-0.4, -0.2) is 20.8 Å². The molecular weight excluding hydrogens is 226 g/mol. The highest BCUT2D eigenvalue weighted by Gasteiger charge is 2.42. The van der Waals surface area contributed by atoms with Crippen LogP contribution in [0.3, 0.4) is 0 Å².